The SMILES string of the molecule is CC(C)C(=O)[C@H](CCN1CC(O)C1)c1ccc(Cl)cc1. The monoisotopic (exact) mass is 295 g/mol. The van der Waals surface area contributed by atoms with Crippen molar-refractivity contribution in [1.29, 1.82) is 0 Å². The first kappa shape index (κ1) is 15.5. The molecule has 0 amide bonds. The smallest absolute Gasteiger partial charge is 0.142 e. The van der Waals surface area contributed by atoms with Crippen molar-refractivity contribution < 1.29 is 9.90 Å². The van der Waals surface area contributed by atoms with Gasteiger partial charge in [0.05, 0.1) is 6.10 Å². The van der Waals surface area contributed by atoms with Gasteiger partial charge in [-0.2, -0.15) is 0 Å². The van der Waals surface area contributed by atoms with E-state index in [0.717, 1.165) is 31.6 Å². The number of aliphatic hydroxyl groups is 1. The molecule has 0 bridgehead atoms. The topological polar surface area (TPSA) is 40.5 Å². The summed E-state index contributed by atoms with van der Waals surface area (Å²) >= 11 is 5.91. The van der Waals surface area contributed by atoms with E-state index in [0.29, 0.717) is 5.02 Å². The molecule has 0 aromatic heterocycles. The number of nitrogens with zero attached hydrogens (tertiary/aromatic N) is 1. The van der Waals surface area contributed by atoms with Crippen LogP contribution in [0, 0.1) is 5.92 Å². The normalized spacial score (nSPS) is 18.1. The highest BCUT2D eigenvalue weighted by atomic mass is 35.5. The number of rotatable bonds is 6. The summed E-state index contributed by atoms with van der Waals surface area (Å²) < 4.78 is 0. The van der Waals surface area contributed by atoms with Gasteiger partial charge in [0.15, 0.2) is 0 Å². The second-order valence-corrected chi connectivity index (χ2v) is 6.30. The van der Waals surface area contributed by atoms with E-state index < -0.39 is 0 Å². The number of benzene rings is 1. The molecular weight excluding hydrogens is 274 g/mol. The Balaban J connectivity index is 2.04. The number of likely N-dealkylation sites (tertiary alicyclic amines) is 1. The molecule has 1 atom stereocenters. The van der Waals surface area contributed by atoms with Crippen LogP contribution in [-0.2, 0) is 4.79 Å². The molecule has 3 nitrogen and oxygen atoms in total. The summed E-state index contributed by atoms with van der Waals surface area (Å²) in [7, 11) is 0. The molecule has 4 heteroatoms. The Morgan fingerprint density at radius 3 is 2.45 bits per heavy atom. The van der Waals surface area contributed by atoms with Gasteiger partial charge >= 0.3 is 0 Å². The molecule has 0 saturated carbocycles. The van der Waals surface area contributed by atoms with Crippen molar-refractivity contribution in [2.45, 2.75) is 32.3 Å². The standard InChI is InChI=1S/C16H22ClNO2/c1-11(2)16(20)15(7-8-18-9-14(19)10-18)12-3-5-13(17)6-4-12/h3-6,11,14-15,19H,7-10H2,1-2H3/t15-/m1/s1. The van der Waals surface area contributed by atoms with E-state index in [-0.39, 0.29) is 23.7 Å². The van der Waals surface area contributed by atoms with Gasteiger partial charge in [0.2, 0.25) is 0 Å². The van der Waals surface area contributed by atoms with Crippen LogP contribution in [0.5, 0.6) is 0 Å². The van der Waals surface area contributed by atoms with Gasteiger partial charge in [-0.3, -0.25) is 9.69 Å². The number of carbonyl (C=O) groups excluding carboxylic acids is 1. The molecule has 1 heterocycles. The molecule has 1 fully saturated rings. The molecule has 1 aromatic rings. The fourth-order valence-electron chi connectivity index (χ4n) is 2.61. The average Bonchev–Trinajstić information content (AvgIpc) is 2.38. The number of halogens is 1. The van der Waals surface area contributed by atoms with E-state index in [1.165, 1.54) is 0 Å². The highest BCUT2D eigenvalue weighted by Gasteiger charge is 2.28. The molecule has 2 rings (SSSR count). The molecule has 20 heavy (non-hydrogen) atoms. The number of hydrogen-bond donors (Lipinski definition) is 1. The van der Waals surface area contributed by atoms with E-state index in [1.807, 2.05) is 38.1 Å². The van der Waals surface area contributed by atoms with Crippen molar-refractivity contribution in [1.82, 2.24) is 4.90 Å². The third-order valence-corrected chi connectivity index (χ3v) is 4.11. The van der Waals surface area contributed by atoms with Gasteiger partial charge in [0.1, 0.15) is 5.78 Å². The van der Waals surface area contributed by atoms with Crippen molar-refractivity contribution in [3.63, 3.8) is 0 Å². The van der Waals surface area contributed by atoms with Crippen LogP contribution < -0.4 is 0 Å². The molecule has 110 valence electrons. The quantitative estimate of drug-likeness (QED) is 0.877. The lowest BCUT2D eigenvalue weighted by Gasteiger charge is -2.36. The van der Waals surface area contributed by atoms with Gasteiger partial charge < -0.3 is 5.11 Å². The van der Waals surface area contributed by atoms with E-state index >= 15 is 0 Å². The van der Waals surface area contributed by atoms with Crippen LogP contribution in [0.2, 0.25) is 5.02 Å². The first-order valence-electron chi connectivity index (χ1n) is 7.17. The summed E-state index contributed by atoms with van der Waals surface area (Å²) in [5.74, 6) is 0.219. The van der Waals surface area contributed by atoms with Crippen LogP contribution in [0.4, 0.5) is 0 Å². The number of carbonyl (C=O) groups is 1. The summed E-state index contributed by atoms with van der Waals surface area (Å²) in [6.07, 6.45) is 0.607. The van der Waals surface area contributed by atoms with Gasteiger partial charge in [0, 0.05) is 29.9 Å². The molecule has 1 aliphatic rings. The van der Waals surface area contributed by atoms with Crippen LogP contribution in [0.25, 0.3) is 0 Å². The Kier molecular flexibility index (Phi) is 5.19. The Hall–Kier alpha value is -0.900. The molecule has 1 aromatic carbocycles. The zero-order chi connectivity index (χ0) is 14.7. The van der Waals surface area contributed by atoms with Crippen molar-refractivity contribution in [2.75, 3.05) is 19.6 Å². The van der Waals surface area contributed by atoms with Gasteiger partial charge in [0.25, 0.3) is 0 Å². The summed E-state index contributed by atoms with van der Waals surface area (Å²) in [4.78, 5) is 14.6. The second-order valence-electron chi connectivity index (χ2n) is 5.86. The number of aliphatic hydroxyl groups excluding tert-OH is 1. The molecule has 1 aliphatic heterocycles. The maximum atomic E-state index is 12.4. The Bertz CT molecular complexity index is 452. The second kappa shape index (κ2) is 6.70. The summed E-state index contributed by atoms with van der Waals surface area (Å²) in [6, 6.07) is 7.56. The molecule has 0 radical (unpaired) electrons. The van der Waals surface area contributed by atoms with Crippen molar-refractivity contribution in [2.24, 2.45) is 5.92 Å². The molecule has 0 unspecified atom stereocenters. The predicted molar refractivity (Wildman–Crippen MR) is 81.1 cm³/mol. The third-order valence-electron chi connectivity index (χ3n) is 3.86. The van der Waals surface area contributed by atoms with E-state index in [9.17, 15) is 9.90 Å². The van der Waals surface area contributed by atoms with E-state index in [2.05, 4.69) is 4.90 Å². The van der Waals surface area contributed by atoms with Crippen molar-refractivity contribution in [3.8, 4) is 0 Å². The summed E-state index contributed by atoms with van der Waals surface area (Å²) in [5, 5.41) is 10.00. The van der Waals surface area contributed by atoms with Crippen LogP contribution in [-0.4, -0.2) is 41.5 Å². The number of ketones is 1. The van der Waals surface area contributed by atoms with Crippen molar-refractivity contribution in [3.05, 3.63) is 34.9 Å². The minimum atomic E-state index is -0.190. The molecule has 0 spiro atoms. The fourth-order valence-corrected chi connectivity index (χ4v) is 2.73. The van der Waals surface area contributed by atoms with E-state index in [1.54, 1.807) is 0 Å². The maximum Gasteiger partial charge on any atom is 0.142 e. The molecular formula is C16H22ClNO2. The molecule has 0 aliphatic carbocycles. The zero-order valence-corrected chi connectivity index (χ0v) is 12.8. The largest absolute Gasteiger partial charge is 0.390 e. The van der Waals surface area contributed by atoms with Crippen molar-refractivity contribution >= 4 is 17.4 Å². The maximum absolute atomic E-state index is 12.4. The Labute approximate surface area is 125 Å². The third kappa shape index (κ3) is 3.81. The summed E-state index contributed by atoms with van der Waals surface area (Å²) in [5.41, 5.74) is 1.04. The van der Waals surface area contributed by atoms with Crippen LogP contribution in [0.1, 0.15) is 31.7 Å². The van der Waals surface area contributed by atoms with Gasteiger partial charge in [-0.15, -0.1) is 0 Å². The minimum Gasteiger partial charge on any atom is -0.390 e. The van der Waals surface area contributed by atoms with Gasteiger partial charge in [-0.05, 0) is 30.7 Å². The van der Waals surface area contributed by atoms with Gasteiger partial charge in [-0.25, -0.2) is 0 Å². The molecule has 1 saturated heterocycles. The lowest BCUT2D eigenvalue weighted by molar-refractivity contribution is -0.123. The number of hydrogen-bond acceptors (Lipinski definition) is 3. The van der Waals surface area contributed by atoms with Crippen LogP contribution >= 0.6 is 11.6 Å². The Morgan fingerprint density at radius 2 is 1.95 bits per heavy atom. The van der Waals surface area contributed by atoms with E-state index in [4.69, 9.17) is 11.6 Å². The fraction of sp³-hybridized carbons (Fsp3) is 0.562. The first-order valence-corrected chi connectivity index (χ1v) is 7.54. The molecule has 1 N–H and O–H groups in total. The lowest BCUT2D eigenvalue weighted by Crippen LogP contribution is -2.51. The zero-order valence-electron chi connectivity index (χ0n) is 12.1. The van der Waals surface area contributed by atoms with Crippen LogP contribution in [0.15, 0.2) is 24.3 Å². The average molecular weight is 296 g/mol. The first-order chi connectivity index (χ1) is 9.47. The highest BCUT2D eigenvalue weighted by molar-refractivity contribution is 6.30. The predicted octanol–water partition coefficient (Wildman–Crippen LogP) is 2.72. The summed E-state index contributed by atoms with van der Waals surface area (Å²) in [6.45, 7) is 6.19. The van der Waals surface area contributed by atoms with Crippen LogP contribution in [0.3, 0.4) is 0 Å². The Morgan fingerprint density at radius 1 is 1.35 bits per heavy atom. The highest BCUT2D eigenvalue weighted by Crippen LogP contribution is 2.26. The lowest BCUT2D eigenvalue weighted by atomic mass is 9.86. The van der Waals surface area contributed by atoms with Gasteiger partial charge in [-0.1, -0.05) is 37.6 Å². The minimum absolute atomic E-state index is 0.0256. The number of Topliss-reactive ketones (excluding diaryl/α,β-unsaturated/α-hetero) is 1. The number of β-amino-alcohol motifs (C(OH)–C–C–N with tert-alkyl or cyclic N) is 1.